The second-order valence-corrected chi connectivity index (χ2v) is 12.4. The van der Waals surface area contributed by atoms with Crippen LogP contribution in [-0.2, 0) is 12.6 Å². The van der Waals surface area contributed by atoms with Crippen molar-refractivity contribution in [2.24, 2.45) is 11.3 Å². The number of hydrogen-bond donors (Lipinski definition) is 0. The van der Waals surface area contributed by atoms with Crippen LogP contribution in [0, 0.1) is 25.2 Å². The van der Waals surface area contributed by atoms with Crippen LogP contribution < -0.4 is 4.90 Å². The molecule has 7 rings (SSSR count). The van der Waals surface area contributed by atoms with Crippen molar-refractivity contribution in [3.8, 4) is 11.3 Å². The van der Waals surface area contributed by atoms with Crippen LogP contribution in [0.15, 0.2) is 53.1 Å². The highest BCUT2D eigenvalue weighted by molar-refractivity contribution is 5.85. The topological polar surface area (TPSA) is 42.2 Å². The van der Waals surface area contributed by atoms with E-state index in [9.17, 15) is 13.2 Å². The minimum Gasteiger partial charge on any atom is -0.371 e. The molecule has 208 valence electrons. The minimum atomic E-state index is -4.43. The number of halogens is 3. The Balaban J connectivity index is 1.05. The van der Waals surface area contributed by atoms with Crippen molar-refractivity contribution >= 4 is 16.6 Å². The van der Waals surface area contributed by atoms with Gasteiger partial charge in [-0.15, -0.1) is 0 Å². The summed E-state index contributed by atoms with van der Waals surface area (Å²) in [5.74, 6) is 1.58. The molecule has 0 unspecified atom stereocenters. The Morgan fingerprint density at radius 2 is 1.75 bits per heavy atom. The number of hydrogen-bond acceptors (Lipinski definition) is 4. The Kier molecular flexibility index (Phi) is 5.99. The fraction of sp³-hybridized carbons (Fsp3) is 0.455. The molecule has 2 saturated carbocycles. The maximum Gasteiger partial charge on any atom is 0.417 e. The van der Waals surface area contributed by atoms with Crippen molar-refractivity contribution in [1.29, 1.82) is 0 Å². The summed E-state index contributed by atoms with van der Waals surface area (Å²) in [6.45, 7) is 6.24. The lowest BCUT2D eigenvalue weighted by Crippen LogP contribution is -2.47. The van der Waals surface area contributed by atoms with Gasteiger partial charge in [0.1, 0.15) is 11.5 Å². The van der Waals surface area contributed by atoms with E-state index in [0.29, 0.717) is 22.9 Å². The Hall–Kier alpha value is -3.35. The van der Waals surface area contributed by atoms with Crippen LogP contribution in [0.4, 0.5) is 18.9 Å². The highest BCUT2D eigenvalue weighted by Gasteiger charge is 2.47. The quantitative estimate of drug-likeness (QED) is 0.252. The molecule has 3 heterocycles. The van der Waals surface area contributed by atoms with Gasteiger partial charge in [-0.2, -0.15) is 13.2 Å². The Morgan fingerprint density at radius 1 is 1.00 bits per heavy atom. The second-order valence-electron chi connectivity index (χ2n) is 12.4. The van der Waals surface area contributed by atoms with Crippen molar-refractivity contribution in [2.75, 3.05) is 18.0 Å². The molecule has 2 aromatic carbocycles. The van der Waals surface area contributed by atoms with E-state index in [2.05, 4.69) is 46.2 Å². The number of alkyl halides is 3. The molecular formula is C33H34F3N3O. The van der Waals surface area contributed by atoms with Gasteiger partial charge >= 0.3 is 6.18 Å². The molecule has 3 fully saturated rings. The van der Waals surface area contributed by atoms with Crippen LogP contribution in [0.25, 0.3) is 22.2 Å². The van der Waals surface area contributed by atoms with E-state index in [0.717, 1.165) is 86.6 Å². The van der Waals surface area contributed by atoms with Crippen LogP contribution >= 0.6 is 0 Å². The summed E-state index contributed by atoms with van der Waals surface area (Å²) in [7, 11) is 0. The van der Waals surface area contributed by atoms with Crippen LogP contribution in [0.1, 0.15) is 72.6 Å². The first-order valence-electron chi connectivity index (χ1n) is 14.5. The van der Waals surface area contributed by atoms with Gasteiger partial charge in [0.25, 0.3) is 0 Å². The van der Waals surface area contributed by atoms with E-state index in [1.807, 2.05) is 6.92 Å². The van der Waals surface area contributed by atoms with Gasteiger partial charge < -0.3 is 9.42 Å². The van der Waals surface area contributed by atoms with Gasteiger partial charge in [-0.3, -0.25) is 4.98 Å². The number of pyridine rings is 1. The first kappa shape index (κ1) is 25.6. The smallest absolute Gasteiger partial charge is 0.371 e. The first-order chi connectivity index (χ1) is 19.2. The molecule has 0 N–H and O–H groups in total. The number of aromatic nitrogens is 2. The molecule has 40 heavy (non-hydrogen) atoms. The number of piperidine rings is 1. The van der Waals surface area contributed by atoms with Crippen molar-refractivity contribution < 1.29 is 17.7 Å². The monoisotopic (exact) mass is 545 g/mol. The van der Waals surface area contributed by atoms with E-state index in [4.69, 9.17) is 4.52 Å². The van der Waals surface area contributed by atoms with Gasteiger partial charge in [0.2, 0.25) is 0 Å². The fourth-order valence-electron chi connectivity index (χ4n) is 7.33. The Labute approximate surface area is 232 Å². The van der Waals surface area contributed by atoms with E-state index in [-0.39, 0.29) is 5.56 Å². The summed E-state index contributed by atoms with van der Waals surface area (Å²) in [4.78, 5) is 7.18. The van der Waals surface area contributed by atoms with Crippen LogP contribution in [0.2, 0.25) is 0 Å². The maximum atomic E-state index is 13.8. The van der Waals surface area contributed by atoms with Crippen LogP contribution in [0.5, 0.6) is 0 Å². The minimum absolute atomic E-state index is 0.138. The Morgan fingerprint density at radius 3 is 2.48 bits per heavy atom. The van der Waals surface area contributed by atoms with Gasteiger partial charge in [0.05, 0.1) is 11.1 Å². The van der Waals surface area contributed by atoms with Crippen molar-refractivity contribution in [3.05, 3.63) is 76.7 Å². The molecule has 0 radical (unpaired) electrons. The third-order valence-corrected chi connectivity index (χ3v) is 9.51. The third-order valence-electron chi connectivity index (χ3n) is 9.51. The van der Waals surface area contributed by atoms with Crippen molar-refractivity contribution in [2.45, 2.75) is 70.9 Å². The number of rotatable bonds is 5. The number of nitrogens with zero attached hydrogens (tertiary/aromatic N) is 3. The number of benzene rings is 2. The number of anilines is 1. The number of aryl methyl sites for hydroxylation is 2. The molecule has 4 nitrogen and oxygen atoms in total. The highest BCUT2D eigenvalue weighted by Crippen LogP contribution is 2.55. The lowest BCUT2D eigenvalue weighted by Gasteiger charge is -2.53. The molecule has 0 amide bonds. The molecular weight excluding hydrogens is 511 g/mol. The molecule has 2 aliphatic carbocycles. The van der Waals surface area contributed by atoms with E-state index < -0.39 is 11.7 Å². The summed E-state index contributed by atoms with van der Waals surface area (Å²) < 4.78 is 47.2. The van der Waals surface area contributed by atoms with Crippen molar-refractivity contribution in [1.82, 2.24) is 10.1 Å². The molecule has 3 aliphatic rings. The summed E-state index contributed by atoms with van der Waals surface area (Å²) in [5.41, 5.74) is 5.76. The van der Waals surface area contributed by atoms with Gasteiger partial charge in [0, 0.05) is 46.9 Å². The molecule has 0 atom stereocenters. The lowest BCUT2D eigenvalue weighted by atomic mass is 9.56. The van der Waals surface area contributed by atoms with Crippen LogP contribution in [-0.4, -0.2) is 23.2 Å². The summed E-state index contributed by atoms with van der Waals surface area (Å²) in [6.07, 6.45) is 2.91. The zero-order valence-corrected chi connectivity index (χ0v) is 23.0. The molecule has 1 saturated heterocycles. The molecule has 0 bridgehead atoms. The summed E-state index contributed by atoms with van der Waals surface area (Å²) >= 11 is 0. The average Bonchev–Trinajstić information content (AvgIpc) is 3.67. The summed E-state index contributed by atoms with van der Waals surface area (Å²) in [6, 6.07) is 14.5. The average molecular weight is 546 g/mol. The first-order valence-corrected chi connectivity index (χ1v) is 14.5. The molecule has 1 spiro atoms. The van der Waals surface area contributed by atoms with Crippen molar-refractivity contribution in [3.63, 3.8) is 0 Å². The van der Waals surface area contributed by atoms with Gasteiger partial charge in [0.15, 0.2) is 0 Å². The van der Waals surface area contributed by atoms with Crippen LogP contribution in [0.3, 0.4) is 0 Å². The molecule has 7 heteroatoms. The van der Waals surface area contributed by atoms with Gasteiger partial charge in [-0.1, -0.05) is 23.4 Å². The second kappa shape index (κ2) is 9.35. The van der Waals surface area contributed by atoms with Gasteiger partial charge in [-0.05, 0) is 106 Å². The predicted octanol–water partition coefficient (Wildman–Crippen LogP) is 8.64. The van der Waals surface area contributed by atoms with Gasteiger partial charge in [-0.25, -0.2) is 0 Å². The lowest BCUT2D eigenvalue weighted by molar-refractivity contribution is -0.137. The predicted molar refractivity (Wildman–Crippen MR) is 150 cm³/mol. The van der Waals surface area contributed by atoms with E-state index in [1.165, 1.54) is 28.8 Å². The third kappa shape index (κ3) is 4.57. The summed E-state index contributed by atoms with van der Waals surface area (Å²) in [5, 5.41) is 5.44. The molecule has 1 aliphatic heterocycles. The zero-order valence-electron chi connectivity index (χ0n) is 23.0. The zero-order chi connectivity index (χ0) is 27.6. The standard InChI is InChI=1S/C33H34F3N3O/c1-20-15-21(2)37-29-10-9-24(17-26(20)29)39-13-11-32(12-14-39)18-22(19-32)16-27-30(38-40-31(27)23-7-8-23)25-5-3-4-6-28(25)33(34,35)36/h3-6,9-10,15,17,22-23H,7-8,11-14,16,18-19H2,1-2H3. The normalized spacial score (nSPS) is 19.4. The Bertz CT molecular complexity index is 1570. The maximum absolute atomic E-state index is 13.8. The highest BCUT2D eigenvalue weighted by atomic mass is 19.4. The fourth-order valence-corrected chi connectivity index (χ4v) is 7.33. The SMILES string of the molecule is Cc1cc(C)c2cc(N3CCC4(CC3)CC(Cc3c(-c5ccccc5C(F)(F)F)noc3C3CC3)C4)ccc2n1. The molecule has 2 aromatic heterocycles. The van der Waals surface area contributed by atoms with E-state index >= 15 is 0 Å². The largest absolute Gasteiger partial charge is 0.417 e. The number of fused-ring (bicyclic) bond motifs is 1. The molecule has 4 aromatic rings. The van der Waals surface area contributed by atoms with E-state index in [1.54, 1.807) is 6.07 Å².